The SMILES string of the molecule is CCCN1C(=O)C(O)=C(C(=O)c2cc3cc(Cl)cc(OC)c3o2)C1c1cccc2ccccc12. The van der Waals surface area contributed by atoms with Crippen molar-refractivity contribution in [2.45, 2.75) is 19.4 Å². The first-order valence-corrected chi connectivity index (χ1v) is 11.4. The van der Waals surface area contributed by atoms with Crippen molar-refractivity contribution in [3.63, 3.8) is 0 Å². The number of hydrogen-bond donors (Lipinski definition) is 1. The lowest BCUT2D eigenvalue weighted by Crippen LogP contribution is -2.32. The molecule has 1 aliphatic heterocycles. The number of halogens is 1. The molecule has 5 rings (SSSR count). The first kappa shape index (κ1) is 22.0. The third-order valence-corrected chi connectivity index (χ3v) is 6.34. The van der Waals surface area contributed by atoms with Gasteiger partial charge in [-0.05, 0) is 34.9 Å². The maximum absolute atomic E-state index is 13.8. The van der Waals surface area contributed by atoms with E-state index in [9.17, 15) is 14.7 Å². The molecule has 1 amide bonds. The zero-order valence-electron chi connectivity index (χ0n) is 18.7. The normalized spacial score (nSPS) is 16.1. The van der Waals surface area contributed by atoms with E-state index in [0.29, 0.717) is 34.7 Å². The minimum Gasteiger partial charge on any atom is -0.503 e. The van der Waals surface area contributed by atoms with Crippen LogP contribution in [-0.4, -0.2) is 35.4 Å². The van der Waals surface area contributed by atoms with E-state index in [1.807, 2.05) is 49.4 Å². The molecular weight excluding hydrogens is 454 g/mol. The molecule has 1 aromatic heterocycles. The van der Waals surface area contributed by atoms with Gasteiger partial charge in [-0.3, -0.25) is 9.59 Å². The summed E-state index contributed by atoms with van der Waals surface area (Å²) >= 11 is 6.17. The summed E-state index contributed by atoms with van der Waals surface area (Å²) in [4.78, 5) is 28.4. The summed E-state index contributed by atoms with van der Waals surface area (Å²) in [5.74, 6) is -1.30. The number of amides is 1. The van der Waals surface area contributed by atoms with Crippen LogP contribution < -0.4 is 4.74 Å². The van der Waals surface area contributed by atoms with Crippen LogP contribution in [0.5, 0.6) is 5.75 Å². The Hall–Kier alpha value is -3.77. The van der Waals surface area contributed by atoms with Crippen molar-refractivity contribution in [1.29, 1.82) is 0 Å². The van der Waals surface area contributed by atoms with Gasteiger partial charge in [-0.25, -0.2) is 0 Å². The second kappa shape index (κ2) is 8.54. The fourth-order valence-corrected chi connectivity index (χ4v) is 4.87. The number of Topliss-reactive ketones (excluding diaryl/α,β-unsaturated/α-hetero) is 1. The third-order valence-electron chi connectivity index (χ3n) is 6.12. The van der Waals surface area contributed by atoms with Crippen LogP contribution in [0.15, 0.2) is 76.4 Å². The zero-order chi connectivity index (χ0) is 24.0. The number of methoxy groups -OCH3 is 1. The largest absolute Gasteiger partial charge is 0.503 e. The maximum Gasteiger partial charge on any atom is 0.290 e. The molecule has 4 aromatic rings. The highest BCUT2D eigenvalue weighted by Gasteiger charge is 2.44. The van der Waals surface area contributed by atoms with E-state index < -0.39 is 23.5 Å². The topological polar surface area (TPSA) is 80.0 Å². The van der Waals surface area contributed by atoms with Gasteiger partial charge in [-0.15, -0.1) is 0 Å². The Morgan fingerprint density at radius 2 is 1.88 bits per heavy atom. The van der Waals surface area contributed by atoms with Crippen LogP contribution in [0, 0.1) is 0 Å². The molecule has 0 saturated carbocycles. The summed E-state index contributed by atoms with van der Waals surface area (Å²) < 4.78 is 11.2. The van der Waals surface area contributed by atoms with Crippen molar-refractivity contribution in [3.05, 3.63) is 88.3 Å². The molecule has 0 spiro atoms. The van der Waals surface area contributed by atoms with Gasteiger partial charge in [0.05, 0.1) is 18.7 Å². The predicted octanol–water partition coefficient (Wildman–Crippen LogP) is 6.24. The van der Waals surface area contributed by atoms with Crippen LogP contribution in [0.3, 0.4) is 0 Å². The lowest BCUT2D eigenvalue weighted by Gasteiger charge is -2.27. The van der Waals surface area contributed by atoms with E-state index in [0.717, 1.165) is 16.3 Å². The van der Waals surface area contributed by atoms with Gasteiger partial charge in [-0.2, -0.15) is 0 Å². The number of aliphatic hydroxyl groups is 1. The minimum atomic E-state index is -0.746. The van der Waals surface area contributed by atoms with Crippen molar-refractivity contribution in [1.82, 2.24) is 4.90 Å². The highest BCUT2D eigenvalue weighted by Crippen LogP contribution is 2.42. The first-order valence-electron chi connectivity index (χ1n) is 11.0. The van der Waals surface area contributed by atoms with E-state index in [1.54, 1.807) is 23.1 Å². The third kappa shape index (κ3) is 3.42. The maximum atomic E-state index is 13.8. The van der Waals surface area contributed by atoms with Crippen LogP contribution in [-0.2, 0) is 4.79 Å². The van der Waals surface area contributed by atoms with Gasteiger partial charge >= 0.3 is 0 Å². The van der Waals surface area contributed by atoms with E-state index in [1.165, 1.54) is 7.11 Å². The summed E-state index contributed by atoms with van der Waals surface area (Å²) in [5, 5.41) is 13.8. The molecule has 1 unspecified atom stereocenters. The lowest BCUT2D eigenvalue weighted by atomic mass is 9.91. The lowest BCUT2D eigenvalue weighted by molar-refractivity contribution is -0.129. The summed E-state index contributed by atoms with van der Waals surface area (Å²) in [6.45, 7) is 2.33. The number of nitrogens with zero attached hydrogens (tertiary/aromatic N) is 1. The number of carbonyl (C=O) groups excluding carboxylic acids is 2. The summed E-state index contributed by atoms with van der Waals surface area (Å²) in [6.07, 6.45) is 0.669. The quantitative estimate of drug-likeness (QED) is 0.334. The number of ketones is 1. The molecule has 0 saturated heterocycles. The average Bonchev–Trinajstić information content (AvgIpc) is 3.37. The highest BCUT2D eigenvalue weighted by molar-refractivity contribution is 6.31. The molecule has 2 heterocycles. The molecule has 1 N–H and O–H groups in total. The second-order valence-electron chi connectivity index (χ2n) is 8.20. The molecule has 0 fully saturated rings. The average molecular weight is 476 g/mol. The van der Waals surface area contributed by atoms with Crippen LogP contribution in [0.4, 0.5) is 0 Å². The van der Waals surface area contributed by atoms with Gasteiger partial charge in [-0.1, -0.05) is 61.0 Å². The van der Waals surface area contributed by atoms with Crippen LogP contribution in [0.25, 0.3) is 21.7 Å². The fourth-order valence-electron chi connectivity index (χ4n) is 4.65. The Balaban J connectivity index is 1.69. The van der Waals surface area contributed by atoms with Gasteiger partial charge in [0.2, 0.25) is 5.78 Å². The molecule has 0 bridgehead atoms. The molecular formula is C27H22ClNO5. The molecule has 172 valence electrons. The molecule has 0 aliphatic carbocycles. The molecule has 1 aliphatic rings. The number of rotatable bonds is 6. The Morgan fingerprint density at radius 3 is 2.65 bits per heavy atom. The van der Waals surface area contributed by atoms with Gasteiger partial charge in [0.25, 0.3) is 5.91 Å². The summed E-state index contributed by atoms with van der Waals surface area (Å²) in [6, 6.07) is 17.6. The number of ether oxygens (including phenoxy) is 1. The number of carbonyl (C=O) groups is 2. The monoisotopic (exact) mass is 475 g/mol. The van der Waals surface area contributed by atoms with Crippen LogP contribution >= 0.6 is 11.6 Å². The number of hydrogen-bond acceptors (Lipinski definition) is 5. The van der Waals surface area contributed by atoms with E-state index in [2.05, 4.69) is 0 Å². The molecule has 6 nitrogen and oxygen atoms in total. The standard InChI is InChI=1S/C27H22ClNO5/c1-3-11-29-23(19-10-6-8-15-7-4-5-9-18(15)19)22(25(31)27(29)32)24(30)20-13-16-12-17(28)14-21(33-2)26(16)34-20/h4-10,12-14,23,31H,3,11H2,1-2H3. The van der Waals surface area contributed by atoms with Gasteiger partial charge in [0, 0.05) is 23.0 Å². The minimum absolute atomic E-state index is 0.000997. The fraction of sp³-hybridized carbons (Fsp3) is 0.185. The number of furan rings is 1. The molecule has 1 atom stereocenters. The number of aliphatic hydroxyl groups excluding tert-OH is 1. The van der Waals surface area contributed by atoms with E-state index in [-0.39, 0.29) is 11.3 Å². The summed E-state index contributed by atoms with van der Waals surface area (Å²) in [7, 11) is 1.48. The Bertz CT molecular complexity index is 1480. The summed E-state index contributed by atoms with van der Waals surface area (Å²) in [5.41, 5.74) is 1.13. The Labute approximate surface area is 201 Å². The van der Waals surface area contributed by atoms with Crippen molar-refractivity contribution >= 4 is 45.0 Å². The smallest absolute Gasteiger partial charge is 0.290 e. The Kier molecular flexibility index (Phi) is 5.54. The van der Waals surface area contributed by atoms with Gasteiger partial charge in [0.15, 0.2) is 22.9 Å². The highest BCUT2D eigenvalue weighted by atomic mass is 35.5. The predicted molar refractivity (Wildman–Crippen MR) is 130 cm³/mol. The van der Waals surface area contributed by atoms with Crippen molar-refractivity contribution in [2.75, 3.05) is 13.7 Å². The van der Waals surface area contributed by atoms with Gasteiger partial charge < -0.3 is 19.2 Å². The van der Waals surface area contributed by atoms with E-state index in [4.69, 9.17) is 20.8 Å². The van der Waals surface area contributed by atoms with Gasteiger partial charge in [0.1, 0.15) is 0 Å². The van der Waals surface area contributed by atoms with Crippen molar-refractivity contribution in [2.24, 2.45) is 0 Å². The molecule has 3 aromatic carbocycles. The van der Waals surface area contributed by atoms with Crippen LogP contribution in [0.1, 0.15) is 35.5 Å². The first-order chi connectivity index (χ1) is 16.4. The van der Waals surface area contributed by atoms with Crippen LogP contribution in [0.2, 0.25) is 5.02 Å². The van der Waals surface area contributed by atoms with Crippen molar-refractivity contribution < 1.29 is 23.8 Å². The number of benzene rings is 3. The van der Waals surface area contributed by atoms with Crippen molar-refractivity contribution in [3.8, 4) is 5.75 Å². The molecule has 0 radical (unpaired) electrons. The second-order valence-corrected chi connectivity index (χ2v) is 8.63. The number of fused-ring (bicyclic) bond motifs is 2. The van der Waals surface area contributed by atoms with E-state index >= 15 is 0 Å². The zero-order valence-corrected chi connectivity index (χ0v) is 19.4. The Morgan fingerprint density at radius 1 is 1.12 bits per heavy atom. The molecule has 34 heavy (non-hydrogen) atoms. The molecule has 7 heteroatoms.